The highest BCUT2D eigenvalue weighted by molar-refractivity contribution is 5.13. The van der Waals surface area contributed by atoms with Gasteiger partial charge in [0.15, 0.2) is 0 Å². The molecule has 2 atom stereocenters. The van der Waals surface area contributed by atoms with Gasteiger partial charge in [0.1, 0.15) is 0 Å². The van der Waals surface area contributed by atoms with Crippen LogP contribution in [0, 0.1) is 0 Å². The molecule has 5 heteroatoms. The lowest BCUT2D eigenvalue weighted by Crippen LogP contribution is -2.46. The van der Waals surface area contributed by atoms with E-state index in [0.29, 0.717) is 25.2 Å². The molecule has 0 saturated carbocycles. The van der Waals surface area contributed by atoms with Crippen molar-refractivity contribution in [1.82, 2.24) is 15.2 Å². The van der Waals surface area contributed by atoms with Crippen LogP contribution in [0.5, 0.6) is 0 Å². The van der Waals surface area contributed by atoms with Crippen LogP contribution < -0.4 is 5.32 Å². The number of nitrogens with one attached hydrogen (secondary N) is 1. The van der Waals surface area contributed by atoms with Crippen molar-refractivity contribution in [3.8, 4) is 0 Å². The summed E-state index contributed by atoms with van der Waals surface area (Å²) in [6.45, 7) is 5.36. The lowest BCUT2D eigenvalue weighted by Gasteiger charge is -2.34. The van der Waals surface area contributed by atoms with Crippen molar-refractivity contribution in [1.29, 1.82) is 0 Å². The summed E-state index contributed by atoms with van der Waals surface area (Å²) < 4.78 is 4.97. The highest BCUT2D eigenvalue weighted by Crippen LogP contribution is 2.16. The van der Waals surface area contributed by atoms with Gasteiger partial charge in [-0.2, -0.15) is 0 Å². The monoisotopic (exact) mass is 293 g/mol. The summed E-state index contributed by atoms with van der Waals surface area (Å²) in [6.07, 6.45) is 5.58. The van der Waals surface area contributed by atoms with Gasteiger partial charge in [0.05, 0.1) is 12.7 Å². The molecule has 1 aromatic heterocycles. The highest BCUT2D eigenvalue weighted by atomic mass is 16.5. The smallest absolute Gasteiger partial charge is 0.0900 e. The quantitative estimate of drug-likeness (QED) is 0.791. The topological polar surface area (TPSA) is 57.6 Å². The number of methoxy groups -OCH3 is 1. The summed E-state index contributed by atoms with van der Waals surface area (Å²) in [6, 6.07) is 4.96. The third kappa shape index (κ3) is 5.36. The predicted octanol–water partition coefficient (Wildman–Crippen LogP) is 1.20. The average Bonchev–Trinajstić information content (AvgIpc) is 2.50. The maximum absolute atomic E-state index is 9.77. The molecular formula is C16H27N3O2. The first-order valence-corrected chi connectivity index (χ1v) is 7.74. The Balaban J connectivity index is 1.72. The van der Waals surface area contributed by atoms with Crippen LogP contribution in [0.25, 0.3) is 0 Å². The van der Waals surface area contributed by atoms with E-state index in [-0.39, 0.29) is 6.10 Å². The lowest BCUT2D eigenvalue weighted by molar-refractivity contribution is 0.0308. The summed E-state index contributed by atoms with van der Waals surface area (Å²) in [7, 11) is 1.62. The number of aliphatic hydroxyl groups is 1. The van der Waals surface area contributed by atoms with Gasteiger partial charge in [-0.05, 0) is 44.5 Å². The van der Waals surface area contributed by atoms with Crippen molar-refractivity contribution >= 4 is 0 Å². The van der Waals surface area contributed by atoms with Gasteiger partial charge in [0, 0.05) is 38.1 Å². The van der Waals surface area contributed by atoms with E-state index in [1.165, 1.54) is 5.56 Å². The van der Waals surface area contributed by atoms with Gasteiger partial charge < -0.3 is 20.1 Å². The Morgan fingerprint density at radius 1 is 1.48 bits per heavy atom. The van der Waals surface area contributed by atoms with Crippen molar-refractivity contribution in [3.05, 3.63) is 30.1 Å². The zero-order valence-electron chi connectivity index (χ0n) is 13.0. The van der Waals surface area contributed by atoms with Crippen LogP contribution in [0.3, 0.4) is 0 Å². The second-order valence-electron chi connectivity index (χ2n) is 5.86. The minimum Gasteiger partial charge on any atom is -0.389 e. The molecule has 0 aromatic carbocycles. The largest absolute Gasteiger partial charge is 0.389 e. The van der Waals surface area contributed by atoms with Crippen molar-refractivity contribution in [3.63, 3.8) is 0 Å². The molecule has 2 rings (SSSR count). The van der Waals surface area contributed by atoms with E-state index in [9.17, 15) is 5.11 Å². The minimum atomic E-state index is -0.381. The molecular weight excluding hydrogens is 266 g/mol. The number of β-amino-alcohol motifs (C(OH)–C–C–N with tert-alkyl or cyclic N) is 1. The minimum absolute atomic E-state index is 0.328. The standard InChI is InChI=1S/C16H27N3O2/c1-13(14-4-3-7-17-10-14)18-15-5-8-19(9-6-15)11-16(20)12-21-2/h3-4,7,10,13,15-16,18,20H,5-6,8-9,11-12H2,1-2H3. The number of aliphatic hydroxyl groups excluding tert-OH is 1. The van der Waals surface area contributed by atoms with Crippen LogP contribution >= 0.6 is 0 Å². The summed E-state index contributed by atoms with van der Waals surface area (Å²) >= 11 is 0. The molecule has 1 saturated heterocycles. The molecule has 1 aliphatic heterocycles. The molecule has 1 fully saturated rings. The van der Waals surface area contributed by atoms with Gasteiger partial charge in [0.2, 0.25) is 0 Å². The molecule has 2 unspecified atom stereocenters. The third-order valence-electron chi connectivity index (χ3n) is 4.09. The zero-order chi connectivity index (χ0) is 15.1. The Hall–Kier alpha value is -1.01. The molecule has 1 aliphatic rings. The number of nitrogens with zero attached hydrogens (tertiary/aromatic N) is 2. The van der Waals surface area contributed by atoms with Crippen LogP contribution in [0.2, 0.25) is 0 Å². The number of rotatable bonds is 7. The van der Waals surface area contributed by atoms with Crippen LogP contribution in [-0.4, -0.2) is 60.5 Å². The van der Waals surface area contributed by atoms with Crippen molar-refractivity contribution < 1.29 is 9.84 Å². The summed E-state index contributed by atoms with van der Waals surface area (Å²) in [4.78, 5) is 6.49. The fourth-order valence-corrected chi connectivity index (χ4v) is 2.91. The van der Waals surface area contributed by atoms with E-state index in [1.54, 1.807) is 13.3 Å². The van der Waals surface area contributed by atoms with E-state index < -0.39 is 0 Å². The fourth-order valence-electron chi connectivity index (χ4n) is 2.91. The Labute approximate surface area is 127 Å². The second kappa shape index (κ2) is 8.44. The molecule has 118 valence electrons. The molecule has 5 nitrogen and oxygen atoms in total. The first-order valence-electron chi connectivity index (χ1n) is 7.74. The Morgan fingerprint density at radius 2 is 2.24 bits per heavy atom. The average molecular weight is 293 g/mol. The molecule has 0 radical (unpaired) electrons. The van der Waals surface area contributed by atoms with Gasteiger partial charge >= 0.3 is 0 Å². The van der Waals surface area contributed by atoms with Crippen LogP contribution in [-0.2, 0) is 4.74 Å². The number of piperidine rings is 1. The van der Waals surface area contributed by atoms with Crippen molar-refractivity contribution in [2.75, 3.05) is 33.4 Å². The summed E-state index contributed by atoms with van der Waals surface area (Å²) in [5, 5.41) is 13.5. The molecule has 2 N–H and O–H groups in total. The molecule has 2 heterocycles. The normalized spacial score (nSPS) is 20.3. The summed E-state index contributed by atoms with van der Waals surface area (Å²) in [5.74, 6) is 0. The van der Waals surface area contributed by atoms with E-state index in [0.717, 1.165) is 25.9 Å². The number of aromatic nitrogens is 1. The molecule has 0 spiro atoms. The third-order valence-corrected chi connectivity index (χ3v) is 4.09. The van der Waals surface area contributed by atoms with Gasteiger partial charge in [-0.3, -0.25) is 4.98 Å². The van der Waals surface area contributed by atoms with E-state index in [2.05, 4.69) is 28.2 Å². The van der Waals surface area contributed by atoms with E-state index >= 15 is 0 Å². The zero-order valence-corrected chi connectivity index (χ0v) is 13.0. The lowest BCUT2D eigenvalue weighted by atomic mass is 10.0. The first-order chi connectivity index (χ1) is 10.2. The Bertz CT molecular complexity index is 394. The first kappa shape index (κ1) is 16.4. The molecule has 0 bridgehead atoms. The van der Waals surface area contributed by atoms with E-state index in [4.69, 9.17) is 4.74 Å². The second-order valence-corrected chi connectivity index (χ2v) is 5.86. The molecule has 0 amide bonds. The van der Waals surface area contributed by atoms with Gasteiger partial charge in [-0.15, -0.1) is 0 Å². The van der Waals surface area contributed by atoms with Crippen LogP contribution in [0.1, 0.15) is 31.4 Å². The van der Waals surface area contributed by atoms with Gasteiger partial charge in [-0.1, -0.05) is 6.07 Å². The fraction of sp³-hybridized carbons (Fsp3) is 0.688. The Morgan fingerprint density at radius 3 is 2.86 bits per heavy atom. The van der Waals surface area contributed by atoms with Gasteiger partial charge in [0.25, 0.3) is 0 Å². The maximum Gasteiger partial charge on any atom is 0.0900 e. The number of likely N-dealkylation sites (tertiary alicyclic amines) is 1. The van der Waals surface area contributed by atoms with Crippen molar-refractivity contribution in [2.24, 2.45) is 0 Å². The maximum atomic E-state index is 9.77. The SMILES string of the molecule is COCC(O)CN1CCC(NC(C)c2cccnc2)CC1. The number of hydrogen-bond acceptors (Lipinski definition) is 5. The molecule has 21 heavy (non-hydrogen) atoms. The van der Waals surface area contributed by atoms with E-state index in [1.807, 2.05) is 12.3 Å². The number of ether oxygens (including phenoxy) is 1. The predicted molar refractivity (Wildman–Crippen MR) is 83.1 cm³/mol. The summed E-state index contributed by atoms with van der Waals surface area (Å²) in [5.41, 5.74) is 1.23. The number of hydrogen-bond donors (Lipinski definition) is 2. The Kier molecular flexibility index (Phi) is 6.57. The van der Waals surface area contributed by atoms with Crippen LogP contribution in [0.4, 0.5) is 0 Å². The van der Waals surface area contributed by atoms with Crippen molar-refractivity contribution in [2.45, 2.75) is 38.0 Å². The van der Waals surface area contributed by atoms with Gasteiger partial charge in [-0.25, -0.2) is 0 Å². The number of pyridine rings is 1. The van der Waals surface area contributed by atoms with Crippen LogP contribution in [0.15, 0.2) is 24.5 Å². The molecule has 0 aliphatic carbocycles. The molecule has 1 aromatic rings. The highest BCUT2D eigenvalue weighted by Gasteiger charge is 2.22.